The van der Waals surface area contributed by atoms with Crippen LogP contribution < -0.4 is 5.32 Å². The average molecular weight is 421 g/mol. The maximum absolute atomic E-state index is 12.3. The SMILES string of the molecule is C=N\C=N/C=C(C)/C=N\c1cc(C(=O)OCC)ccc1NC12CC3CC(CC(C3)C1)C2. The molecule has 1 aromatic carbocycles. The van der Waals surface area contributed by atoms with Gasteiger partial charge in [0.25, 0.3) is 0 Å². The summed E-state index contributed by atoms with van der Waals surface area (Å²) < 4.78 is 5.19. The van der Waals surface area contributed by atoms with Crippen molar-refractivity contribution in [1.29, 1.82) is 0 Å². The van der Waals surface area contributed by atoms with Gasteiger partial charge in [-0.1, -0.05) is 0 Å². The van der Waals surface area contributed by atoms with Crippen molar-refractivity contribution in [2.24, 2.45) is 32.7 Å². The zero-order chi connectivity index (χ0) is 21.8. The highest BCUT2D eigenvalue weighted by atomic mass is 16.5. The fourth-order valence-corrected chi connectivity index (χ4v) is 6.04. The zero-order valence-corrected chi connectivity index (χ0v) is 18.5. The number of hydrogen-bond acceptors (Lipinski definition) is 5. The first kappa shape index (κ1) is 21.5. The molecule has 4 saturated carbocycles. The van der Waals surface area contributed by atoms with Gasteiger partial charge in [0, 0.05) is 18.0 Å². The lowest BCUT2D eigenvalue weighted by molar-refractivity contribution is 0.0107. The number of aliphatic imine (C=N–C) groups is 3. The molecular formula is C25H32N4O2. The Balaban J connectivity index is 1.61. The van der Waals surface area contributed by atoms with Gasteiger partial charge in [0.15, 0.2) is 0 Å². The predicted octanol–water partition coefficient (Wildman–Crippen LogP) is 5.58. The van der Waals surface area contributed by atoms with Gasteiger partial charge in [0.05, 0.1) is 23.5 Å². The van der Waals surface area contributed by atoms with Gasteiger partial charge in [-0.3, -0.25) is 9.98 Å². The van der Waals surface area contributed by atoms with Crippen molar-refractivity contribution >= 4 is 36.6 Å². The highest BCUT2D eigenvalue weighted by Crippen LogP contribution is 2.57. The lowest BCUT2D eigenvalue weighted by atomic mass is 9.53. The molecule has 31 heavy (non-hydrogen) atoms. The first-order valence-electron chi connectivity index (χ1n) is 11.3. The Hall–Kier alpha value is -2.76. The lowest BCUT2D eigenvalue weighted by Gasteiger charge is -2.57. The maximum Gasteiger partial charge on any atom is 0.338 e. The van der Waals surface area contributed by atoms with Crippen molar-refractivity contribution in [2.45, 2.75) is 57.9 Å². The summed E-state index contributed by atoms with van der Waals surface area (Å²) in [6, 6.07) is 5.64. The van der Waals surface area contributed by atoms with Gasteiger partial charge in [0.2, 0.25) is 0 Å². The van der Waals surface area contributed by atoms with E-state index in [1.165, 1.54) is 44.9 Å². The minimum Gasteiger partial charge on any atom is -0.462 e. The maximum atomic E-state index is 12.3. The summed E-state index contributed by atoms with van der Waals surface area (Å²) in [6.07, 6.45) is 12.7. The third-order valence-corrected chi connectivity index (χ3v) is 6.78. The Morgan fingerprint density at radius 2 is 1.90 bits per heavy atom. The van der Waals surface area contributed by atoms with E-state index >= 15 is 0 Å². The molecule has 4 aliphatic rings. The summed E-state index contributed by atoms with van der Waals surface area (Å²) in [7, 11) is 0. The topological polar surface area (TPSA) is 75.4 Å². The van der Waals surface area contributed by atoms with Crippen LogP contribution in [0.5, 0.6) is 0 Å². The van der Waals surface area contributed by atoms with E-state index in [-0.39, 0.29) is 11.5 Å². The molecule has 0 aromatic heterocycles. The third kappa shape index (κ3) is 4.94. The highest BCUT2D eigenvalue weighted by molar-refractivity contribution is 5.93. The second-order valence-electron chi connectivity index (χ2n) is 9.35. The number of ether oxygens (including phenoxy) is 1. The summed E-state index contributed by atoms with van der Waals surface area (Å²) in [5.74, 6) is 2.23. The van der Waals surface area contributed by atoms with Crippen LogP contribution in [0.25, 0.3) is 0 Å². The molecule has 0 aliphatic heterocycles. The van der Waals surface area contributed by atoms with Crippen molar-refractivity contribution in [1.82, 2.24) is 0 Å². The number of allylic oxidation sites excluding steroid dienone is 1. The van der Waals surface area contributed by atoms with Crippen LogP contribution in [0.1, 0.15) is 62.7 Å². The molecule has 0 unspecified atom stereocenters. The second-order valence-corrected chi connectivity index (χ2v) is 9.35. The minimum atomic E-state index is -0.325. The fourth-order valence-electron chi connectivity index (χ4n) is 6.04. The Labute approximate surface area is 184 Å². The largest absolute Gasteiger partial charge is 0.462 e. The quantitative estimate of drug-likeness (QED) is 0.339. The number of anilines is 1. The standard InChI is InChI=1S/C25H32N4O2/c1-4-31-24(30)21-5-6-22(23(10-21)28-15-17(2)14-27-16-26-3)29-25-11-18-7-19(12-25)9-20(8-18)13-25/h5-6,10,14-16,18-20,29H,3-4,7-9,11-13H2,1-2H3/b17-14+,27-16-,28-15-. The van der Waals surface area contributed by atoms with Crippen LogP contribution in [-0.2, 0) is 4.74 Å². The molecular weight excluding hydrogens is 388 g/mol. The molecule has 1 N–H and O–H groups in total. The van der Waals surface area contributed by atoms with Crippen LogP contribution >= 0.6 is 0 Å². The molecule has 6 heteroatoms. The van der Waals surface area contributed by atoms with E-state index in [1.807, 2.05) is 32.0 Å². The number of carbonyl (C=O) groups excluding carboxylic acids is 1. The van der Waals surface area contributed by atoms with E-state index in [4.69, 9.17) is 9.73 Å². The molecule has 1 aromatic rings. The predicted molar refractivity (Wildman–Crippen MR) is 127 cm³/mol. The van der Waals surface area contributed by atoms with Crippen molar-refractivity contribution in [3.8, 4) is 0 Å². The van der Waals surface area contributed by atoms with Crippen molar-refractivity contribution < 1.29 is 9.53 Å². The number of carbonyl (C=O) groups is 1. The van der Waals surface area contributed by atoms with Crippen molar-refractivity contribution in [3.05, 3.63) is 35.5 Å². The smallest absolute Gasteiger partial charge is 0.338 e. The first-order chi connectivity index (χ1) is 15.0. The van der Waals surface area contributed by atoms with Crippen LogP contribution in [0.2, 0.25) is 0 Å². The molecule has 0 amide bonds. The number of esters is 1. The van der Waals surface area contributed by atoms with Crippen molar-refractivity contribution in [3.63, 3.8) is 0 Å². The Morgan fingerprint density at radius 3 is 2.52 bits per heavy atom. The van der Waals surface area contributed by atoms with E-state index in [9.17, 15) is 4.79 Å². The number of nitrogens with zero attached hydrogens (tertiary/aromatic N) is 3. The molecule has 0 atom stereocenters. The average Bonchev–Trinajstić information content (AvgIpc) is 2.72. The Kier molecular flexibility index (Phi) is 6.35. The van der Waals surface area contributed by atoms with E-state index in [1.54, 1.807) is 12.4 Å². The monoisotopic (exact) mass is 420 g/mol. The summed E-state index contributed by atoms with van der Waals surface area (Å²) in [4.78, 5) is 24.6. The molecule has 5 rings (SSSR count). The van der Waals surface area contributed by atoms with E-state index in [0.29, 0.717) is 12.2 Å². The normalized spacial score (nSPS) is 29.6. The minimum absolute atomic E-state index is 0.162. The molecule has 4 bridgehead atoms. The molecule has 0 radical (unpaired) electrons. The second kappa shape index (κ2) is 9.16. The van der Waals surface area contributed by atoms with Crippen LogP contribution in [0, 0.1) is 17.8 Å². The number of nitrogens with one attached hydrogen (secondary N) is 1. The number of hydrogen-bond donors (Lipinski definition) is 1. The molecule has 164 valence electrons. The summed E-state index contributed by atoms with van der Waals surface area (Å²) in [5.41, 5.74) is 3.29. The van der Waals surface area contributed by atoms with Crippen molar-refractivity contribution in [2.75, 3.05) is 11.9 Å². The number of benzene rings is 1. The van der Waals surface area contributed by atoms with Crippen LogP contribution in [0.3, 0.4) is 0 Å². The summed E-state index contributed by atoms with van der Waals surface area (Å²) >= 11 is 0. The van der Waals surface area contributed by atoms with Crippen LogP contribution in [0.15, 0.2) is 44.9 Å². The highest BCUT2D eigenvalue weighted by Gasteiger charge is 2.51. The van der Waals surface area contributed by atoms with E-state index in [0.717, 1.165) is 34.7 Å². The third-order valence-electron chi connectivity index (χ3n) is 6.78. The van der Waals surface area contributed by atoms with Gasteiger partial charge < -0.3 is 10.1 Å². The van der Waals surface area contributed by atoms with Gasteiger partial charge in [0.1, 0.15) is 6.34 Å². The van der Waals surface area contributed by atoms with Gasteiger partial charge in [-0.05, 0) is 101 Å². The van der Waals surface area contributed by atoms with Crippen LogP contribution in [-0.4, -0.2) is 37.4 Å². The Bertz CT molecular complexity index is 896. The molecule has 0 saturated heterocycles. The zero-order valence-electron chi connectivity index (χ0n) is 18.5. The first-order valence-corrected chi connectivity index (χ1v) is 11.3. The van der Waals surface area contributed by atoms with Gasteiger partial charge in [-0.15, -0.1) is 0 Å². The molecule has 4 aliphatic carbocycles. The van der Waals surface area contributed by atoms with Gasteiger partial charge in [-0.2, -0.15) is 0 Å². The summed E-state index contributed by atoms with van der Waals surface area (Å²) in [6.45, 7) is 7.46. The molecule has 0 heterocycles. The Morgan fingerprint density at radius 1 is 1.23 bits per heavy atom. The molecule has 4 fully saturated rings. The fraction of sp³-hybridized carbons (Fsp3) is 0.520. The van der Waals surface area contributed by atoms with Gasteiger partial charge in [-0.25, -0.2) is 9.79 Å². The van der Waals surface area contributed by atoms with E-state index in [2.05, 4.69) is 22.0 Å². The molecule has 0 spiro atoms. The van der Waals surface area contributed by atoms with E-state index < -0.39 is 0 Å². The van der Waals surface area contributed by atoms with Gasteiger partial charge >= 0.3 is 5.97 Å². The lowest BCUT2D eigenvalue weighted by Crippen LogP contribution is -2.54. The molecule has 6 nitrogen and oxygen atoms in total. The summed E-state index contributed by atoms with van der Waals surface area (Å²) in [5, 5.41) is 3.89. The number of rotatable bonds is 8. The van der Waals surface area contributed by atoms with Crippen LogP contribution in [0.4, 0.5) is 11.4 Å².